The maximum absolute atomic E-state index is 13.0. The quantitative estimate of drug-likeness (QED) is 0.553. The molecule has 0 amide bonds. The van der Waals surface area contributed by atoms with Crippen molar-refractivity contribution in [3.63, 3.8) is 0 Å². The summed E-state index contributed by atoms with van der Waals surface area (Å²) in [6.07, 6.45) is 0.270. The molecule has 0 spiro atoms. The summed E-state index contributed by atoms with van der Waals surface area (Å²) in [5.74, 6) is 1.38. The van der Waals surface area contributed by atoms with E-state index in [9.17, 15) is 4.79 Å². The molecule has 2 aromatic carbocycles. The first-order valence-electron chi connectivity index (χ1n) is 10.2. The summed E-state index contributed by atoms with van der Waals surface area (Å²) in [4.78, 5) is 19.6. The fourth-order valence-corrected chi connectivity index (χ4v) is 3.25. The van der Waals surface area contributed by atoms with E-state index in [0.29, 0.717) is 5.88 Å². The summed E-state index contributed by atoms with van der Waals surface area (Å²) >= 11 is 0. The van der Waals surface area contributed by atoms with Gasteiger partial charge in [0.2, 0.25) is 5.88 Å². The number of methoxy groups -OCH3 is 2. The SMILES string of the molecule is COc1ccc(NC(C)C(=O)Cc2ccc(OC)nc2-c2ccc(N(C)C)cc2)cc1. The van der Waals surface area contributed by atoms with Crippen LogP contribution in [0, 0.1) is 0 Å². The van der Waals surface area contributed by atoms with Gasteiger partial charge in [0.15, 0.2) is 5.78 Å². The average Bonchev–Trinajstić information content (AvgIpc) is 2.79. The standard InChI is InChI=1S/C25H29N3O3/c1-17(26-20-9-13-22(30-4)14-10-20)23(29)16-19-8-15-24(31-5)27-25(19)18-6-11-21(12-7-18)28(2)3/h6-15,17,26H,16H2,1-5H3. The molecular formula is C25H29N3O3. The van der Waals surface area contributed by atoms with Crippen molar-refractivity contribution in [1.29, 1.82) is 0 Å². The molecular weight excluding hydrogens is 390 g/mol. The van der Waals surface area contributed by atoms with Crippen LogP contribution in [-0.4, -0.2) is 45.1 Å². The number of ether oxygens (including phenoxy) is 2. The number of nitrogens with zero attached hydrogens (tertiary/aromatic N) is 2. The summed E-state index contributed by atoms with van der Waals surface area (Å²) in [6, 6.07) is 19.0. The van der Waals surface area contributed by atoms with Gasteiger partial charge >= 0.3 is 0 Å². The van der Waals surface area contributed by atoms with Crippen molar-refractivity contribution >= 4 is 17.2 Å². The van der Waals surface area contributed by atoms with Crippen LogP contribution in [0.3, 0.4) is 0 Å². The van der Waals surface area contributed by atoms with E-state index in [1.165, 1.54) is 0 Å². The summed E-state index contributed by atoms with van der Waals surface area (Å²) < 4.78 is 10.5. The van der Waals surface area contributed by atoms with Crippen LogP contribution in [0.15, 0.2) is 60.7 Å². The lowest BCUT2D eigenvalue weighted by atomic mass is 9.99. The van der Waals surface area contributed by atoms with Gasteiger partial charge in [-0.15, -0.1) is 0 Å². The van der Waals surface area contributed by atoms with Gasteiger partial charge in [-0.05, 0) is 48.9 Å². The summed E-state index contributed by atoms with van der Waals surface area (Å²) in [6.45, 7) is 1.87. The van der Waals surface area contributed by atoms with E-state index >= 15 is 0 Å². The maximum Gasteiger partial charge on any atom is 0.213 e. The zero-order chi connectivity index (χ0) is 22.4. The van der Waals surface area contributed by atoms with Gasteiger partial charge in [-0.2, -0.15) is 0 Å². The number of aromatic nitrogens is 1. The Morgan fingerprint density at radius 3 is 2.23 bits per heavy atom. The number of anilines is 2. The molecule has 1 heterocycles. The minimum absolute atomic E-state index is 0.0777. The summed E-state index contributed by atoms with van der Waals surface area (Å²) in [5.41, 5.74) is 4.54. The molecule has 31 heavy (non-hydrogen) atoms. The number of benzene rings is 2. The van der Waals surface area contributed by atoms with Crippen LogP contribution in [0.25, 0.3) is 11.3 Å². The van der Waals surface area contributed by atoms with Gasteiger partial charge in [0.25, 0.3) is 0 Å². The van der Waals surface area contributed by atoms with Gasteiger partial charge in [0.05, 0.1) is 26.0 Å². The first-order valence-corrected chi connectivity index (χ1v) is 10.2. The minimum Gasteiger partial charge on any atom is -0.497 e. The Balaban J connectivity index is 1.80. The monoisotopic (exact) mass is 419 g/mol. The molecule has 0 saturated carbocycles. The largest absolute Gasteiger partial charge is 0.497 e. The Bertz CT molecular complexity index is 1020. The number of hydrogen-bond acceptors (Lipinski definition) is 6. The van der Waals surface area contributed by atoms with Gasteiger partial charge in [-0.3, -0.25) is 4.79 Å². The predicted molar refractivity (Wildman–Crippen MR) is 125 cm³/mol. The average molecular weight is 420 g/mol. The van der Waals surface area contributed by atoms with E-state index in [0.717, 1.165) is 33.9 Å². The second kappa shape index (κ2) is 9.98. The number of nitrogens with one attached hydrogen (secondary N) is 1. The number of ketones is 1. The van der Waals surface area contributed by atoms with E-state index in [2.05, 4.69) is 10.3 Å². The third-order valence-electron chi connectivity index (χ3n) is 5.14. The first-order chi connectivity index (χ1) is 14.9. The highest BCUT2D eigenvalue weighted by Gasteiger charge is 2.18. The third kappa shape index (κ3) is 5.54. The first kappa shape index (κ1) is 22.2. The van der Waals surface area contributed by atoms with Crippen LogP contribution >= 0.6 is 0 Å². The van der Waals surface area contributed by atoms with E-state index < -0.39 is 0 Å². The van der Waals surface area contributed by atoms with Crippen molar-refractivity contribution in [2.45, 2.75) is 19.4 Å². The summed E-state index contributed by atoms with van der Waals surface area (Å²) in [7, 11) is 7.22. The van der Waals surface area contributed by atoms with Gasteiger partial charge in [0.1, 0.15) is 5.75 Å². The Kier molecular flexibility index (Phi) is 7.13. The van der Waals surface area contributed by atoms with Gasteiger partial charge in [-0.1, -0.05) is 18.2 Å². The van der Waals surface area contributed by atoms with Crippen LogP contribution in [-0.2, 0) is 11.2 Å². The topological polar surface area (TPSA) is 63.7 Å². The second-order valence-corrected chi connectivity index (χ2v) is 7.54. The van der Waals surface area contributed by atoms with E-state index in [1.54, 1.807) is 20.3 Å². The van der Waals surface area contributed by atoms with Crippen LogP contribution in [0.2, 0.25) is 0 Å². The molecule has 1 aromatic heterocycles. The van der Waals surface area contributed by atoms with Crippen molar-refractivity contribution in [3.05, 3.63) is 66.2 Å². The molecule has 1 unspecified atom stereocenters. The number of hydrogen-bond donors (Lipinski definition) is 1. The predicted octanol–water partition coefficient (Wildman–Crippen LogP) is 4.44. The molecule has 0 radical (unpaired) electrons. The van der Waals surface area contributed by atoms with E-state index in [-0.39, 0.29) is 18.2 Å². The van der Waals surface area contributed by atoms with E-state index in [1.807, 2.05) is 80.5 Å². The fourth-order valence-electron chi connectivity index (χ4n) is 3.25. The number of pyridine rings is 1. The Hall–Kier alpha value is -3.54. The highest BCUT2D eigenvalue weighted by Crippen LogP contribution is 2.27. The van der Waals surface area contributed by atoms with Crippen molar-refractivity contribution < 1.29 is 14.3 Å². The Morgan fingerprint density at radius 1 is 0.968 bits per heavy atom. The van der Waals surface area contributed by atoms with Gasteiger partial charge < -0.3 is 19.7 Å². The smallest absolute Gasteiger partial charge is 0.213 e. The molecule has 0 saturated heterocycles. The fraction of sp³-hybridized carbons (Fsp3) is 0.280. The number of carbonyl (C=O) groups is 1. The van der Waals surface area contributed by atoms with Crippen molar-refractivity contribution in [3.8, 4) is 22.9 Å². The highest BCUT2D eigenvalue weighted by molar-refractivity contribution is 5.89. The number of rotatable bonds is 9. The number of carbonyl (C=O) groups excluding carboxylic acids is 1. The Morgan fingerprint density at radius 2 is 1.65 bits per heavy atom. The molecule has 0 aliphatic rings. The molecule has 6 nitrogen and oxygen atoms in total. The van der Waals surface area contributed by atoms with Crippen molar-refractivity contribution in [1.82, 2.24) is 4.98 Å². The lowest BCUT2D eigenvalue weighted by Crippen LogP contribution is -2.27. The van der Waals surface area contributed by atoms with Crippen LogP contribution in [0.4, 0.5) is 11.4 Å². The molecule has 162 valence electrons. The minimum atomic E-state index is -0.348. The molecule has 3 aromatic rings. The molecule has 3 rings (SSSR count). The van der Waals surface area contributed by atoms with Crippen molar-refractivity contribution in [2.24, 2.45) is 0 Å². The lowest BCUT2D eigenvalue weighted by Gasteiger charge is -2.17. The summed E-state index contributed by atoms with van der Waals surface area (Å²) in [5, 5.41) is 3.26. The van der Waals surface area contributed by atoms with Gasteiger partial charge in [0, 0.05) is 43.5 Å². The highest BCUT2D eigenvalue weighted by atomic mass is 16.5. The van der Waals surface area contributed by atoms with E-state index in [4.69, 9.17) is 9.47 Å². The maximum atomic E-state index is 13.0. The number of Topliss-reactive ketones (excluding diaryl/α,β-unsaturated/α-hetero) is 1. The molecule has 1 atom stereocenters. The van der Waals surface area contributed by atoms with Gasteiger partial charge in [-0.25, -0.2) is 4.98 Å². The molecule has 6 heteroatoms. The molecule has 0 aliphatic carbocycles. The Labute approximate surface area is 183 Å². The third-order valence-corrected chi connectivity index (χ3v) is 5.14. The molecule has 0 fully saturated rings. The normalized spacial score (nSPS) is 11.5. The second-order valence-electron chi connectivity index (χ2n) is 7.54. The molecule has 1 N–H and O–H groups in total. The molecule has 0 aliphatic heterocycles. The molecule has 0 bridgehead atoms. The van der Waals surface area contributed by atoms with Crippen LogP contribution in [0.5, 0.6) is 11.6 Å². The van der Waals surface area contributed by atoms with Crippen molar-refractivity contribution in [2.75, 3.05) is 38.5 Å². The zero-order valence-corrected chi connectivity index (χ0v) is 18.7. The van der Waals surface area contributed by atoms with Crippen LogP contribution < -0.4 is 19.7 Å². The zero-order valence-electron chi connectivity index (χ0n) is 18.7. The van der Waals surface area contributed by atoms with Crippen LogP contribution in [0.1, 0.15) is 12.5 Å². The lowest BCUT2D eigenvalue weighted by molar-refractivity contribution is -0.118.